The molecule has 4 rings (SSSR count). The normalized spacial score (nSPS) is 52.9. The monoisotopic (exact) mass is 665 g/mol. The van der Waals surface area contributed by atoms with Crippen molar-refractivity contribution >= 4 is 0 Å². The Bertz CT molecular complexity index is 920. The van der Waals surface area contributed by atoms with Crippen molar-refractivity contribution in [1.82, 2.24) is 0 Å². The Morgan fingerprint density at radius 1 is 0.444 bits per heavy atom. The minimum absolute atomic E-state index is 0.689. The van der Waals surface area contributed by atoms with Gasteiger partial charge in [-0.25, -0.2) is 0 Å². The van der Waals surface area contributed by atoms with Gasteiger partial charge in [0.2, 0.25) is 0 Å². The van der Waals surface area contributed by atoms with Crippen LogP contribution in [0.2, 0.25) is 0 Å². The number of ether oxygens (including phenoxy) is 7. The van der Waals surface area contributed by atoms with Crippen LogP contribution in [0.3, 0.4) is 0 Å². The van der Waals surface area contributed by atoms with E-state index in [0.29, 0.717) is 0 Å². The molecule has 4 heterocycles. The fraction of sp³-hybridized carbons (Fsp3) is 1.00. The Hall–Kier alpha value is -0.840. The molecule has 21 nitrogen and oxygen atoms in total. The van der Waals surface area contributed by atoms with Gasteiger partial charge in [0.25, 0.3) is 0 Å². The van der Waals surface area contributed by atoms with Gasteiger partial charge in [0.05, 0.1) is 32.5 Å². The number of nitrogens with two attached hydrogens (primary N) is 1. The summed E-state index contributed by atoms with van der Waals surface area (Å²) in [4.78, 5) is 0. The molecule has 20 atom stereocenters. The Labute approximate surface area is 255 Å². The minimum atomic E-state index is -2.00. The van der Waals surface area contributed by atoms with Crippen molar-refractivity contribution in [1.29, 1.82) is 0 Å². The lowest BCUT2D eigenvalue weighted by molar-refractivity contribution is -0.377. The topological polar surface area (TPSA) is 354 Å². The first-order chi connectivity index (χ1) is 21.2. The smallest absolute Gasteiger partial charge is 0.187 e. The summed E-state index contributed by atoms with van der Waals surface area (Å²) in [5.74, 6) is 0. The van der Waals surface area contributed by atoms with E-state index in [4.69, 9.17) is 38.9 Å². The molecule has 1 unspecified atom stereocenters. The summed E-state index contributed by atoms with van der Waals surface area (Å²) >= 11 is 0. The molecule has 4 aliphatic rings. The lowest BCUT2D eigenvalue weighted by Gasteiger charge is -2.48. The van der Waals surface area contributed by atoms with Crippen LogP contribution in [-0.4, -0.2) is 216 Å². The van der Waals surface area contributed by atoms with Gasteiger partial charge in [-0.1, -0.05) is 0 Å². The van der Waals surface area contributed by atoms with Gasteiger partial charge < -0.3 is 105 Å². The lowest BCUT2D eigenvalue weighted by atomic mass is 9.95. The molecule has 4 aliphatic heterocycles. The van der Waals surface area contributed by atoms with E-state index >= 15 is 0 Å². The summed E-state index contributed by atoms with van der Waals surface area (Å²) < 4.78 is 37.9. The molecule has 0 amide bonds. The molecule has 4 saturated heterocycles. The molecular weight excluding hydrogens is 622 g/mol. The van der Waals surface area contributed by atoms with Crippen molar-refractivity contribution in [3.63, 3.8) is 0 Å². The maximum atomic E-state index is 11.0. The second-order valence-electron chi connectivity index (χ2n) is 11.3. The summed E-state index contributed by atoms with van der Waals surface area (Å²) in [6.45, 7) is -3.06. The van der Waals surface area contributed by atoms with Crippen LogP contribution in [0.25, 0.3) is 0 Å². The van der Waals surface area contributed by atoms with Crippen molar-refractivity contribution in [2.24, 2.45) is 5.73 Å². The van der Waals surface area contributed by atoms with E-state index in [0.717, 1.165) is 0 Å². The molecule has 0 aliphatic carbocycles. The second-order valence-corrected chi connectivity index (χ2v) is 11.3. The third-order valence-electron chi connectivity index (χ3n) is 8.27. The number of hydrogen-bond acceptors (Lipinski definition) is 21. The van der Waals surface area contributed by atoms with Crippen LogP contribution in [0.1, 0.15) is 0 Å². The summed E-state index contributed by atoms with van der Waals surface area (Å²) in [5, 5.41) is 133. The Morgan fingerprint density at radius 2 is 0.911 bits per heavy atom. The van der Waals surface area contributed by atoms with Crippen LogP contribution in [0.5, 0.6) is 0 Å². The van der Waals surface area contributed by atoms with Gasteiger partial charge in [0, 0.05) is 0 Å². The SMILES string of the molecule is N[C@H]1C(O)O[C@H](CO)[C@@H](O[C@H]2O[C@H](CO)[C@@H](O)[C@H](O[C@H]3O[C@H](CO[C@H]4O[C@H](CO)[C@H](O)[C@H](O)[C@H]4O)[C@H](O)[C@H](O)[C@H]3O)[C@@H]2O)[C@@H]1O. The van der Waals surface area contributed by atoms with Crippen molar-refractivity contribution in [2.45, 2.75) is 123 Å². The first-order valence-corrected chi connectivity index (χ1v) is 14.2. The van der Waals surface area contributed by atoms with Gasteiger partial charge in [-0.2, -0.15) is 0 Å². The fourth-order valence-electron chi connectivity index (χ4n) is 5.47. The zero-order chi connectivity index (χ0) is 33.3. The highest BCUT2D eigenvalue weighted by atomic mass is 16.8. The highest BCUT2D eigenvalue weighted by Crippen LogP contribution is 2.32. The molecule has 21 heteroatoms. The van der Waals surface area contributed by atoms with Crippen molar-refractivity contribution < 1.29 is 99.5 Å². The largest absolute Gasteiger partial charge is 0.394 e. The number of hydrogen-bond donors (Lipinski definition) is 14. The van der Waals surface area contributed by atoms with E-state index in [1.807, 2.05) is 0 Å². The van der Waals surface area contributed by atoms with Crippen LogP contribution in [0.4, 0.5) is 0 Å². The average molecular weight is 666 g/mol. The molecule has 0 saturated carbocycles. The van der Waals surface area contributed by atoms with Gasteiger partial charge in [0.1, 0.15) is 91.6 Å². The molecule has 45 heavy (non-hydrogen) atoms. The van der Waals surface area contributed by atoms with E-state index < -0.39 is 149 Å². The van der Waals surface area contributed by atoms with Crippen LogP contribution in [0, 0.1) is 0 Å². The fourth-order valence-corrected chi connectivity index (χ4v) is 5.47. The van der Waals surface area contributed by atoms with Gasteiger partial charge >= 0.3 is 0 Å². The molecule has 0 aromatic rings. The predicted octanol–water partition coefficient (Wildman–Crippen LogP) is -9.78. The molecule has 264 valence electrons. The maximum Gasteiger partial charge on any atom is 0.187 e. The van der Waals surface area contributed by atoms with E-state index in [-0.39, 0.29) is 0 Å². The number of rotatable bonds is 10. The van der Waals surface area contributed by atoms with Gasteiger partial charge in [-0.3, -0.25) is 0 Å². The van der Waals surface area contributed by atoms with Gasteiger partial charge in [-0.15, -0.1) is 0 Å². The van der Waals surface area contributed by atoms with Gasteiger partial charge in [-0.05, 0) is 0 Å². The summed E-state index contributed by atoms with van der Waals surface area (Å²) in [7, 11) is 0. The molecule has 0 spiro atoms. The van der Waals surface area contributed by atoms with Crippen molar-refractivity contribution in [3.8, 4) is 0 Å². The van der Waals surface area contributed by atoms with Gasteiger partial charge in [0.15, 0.2) is 25.2 Å². The van der Waals surface area contributed by atoms with Crippen molar-refractivity contribution in [3.05, 3.63) is 0 Å². The lowest BCUT2D eigenvalue weighted by Crippen LogP contribution is -2.67. The highest BCUT2D eigenvalue weighted by Gasteiger charge is 2.54. The van der Waals surface area contributed by atoms with E-state index in [1.165, 1.54) is 0 Å². The van der Waals surface area contributed by atoms with Crippen LogP contribution in [0.15, 0.2) is 0 Å². The Morgan fingerprint density at radius 3 is 1.51 bits per heavy atom. The summed E-state index contributed by atoms with van der Waals surface area (Å²) in [6, 6.07) is -1.40. The maximum absolute atomic E-state index is 11.0. The summed E-state index contributed by atoms with van der Waals surface area (Å²) in [6.07, 6.45) is -32.5. The molecular formula is C24H43NO20. The summed E-state index contributed by atoms with van der Waals surface area (Å²) in [5.41, 5.74) is 5.70. The molecule has 0 bridgehead atoms. The molecule has 0 aromatic heterocycles. The third-order valence-corrected chi connectivity index (χ3v) is 8.27. The van der Waals surface area contributed by atoms with E-state index in [9.17, 15) is 66.4 Å². The average Bonchev–Trinajstić information content (AvgIpc) is 3.03. The Kier molecular flexibility index (Phi) is 12.8. The highest BCUT2D eigenvalue weighted by molar-refractivity contribution is 4.97. The quantitative estimate of drug-likeness (QED) is 0.103. The number of aliphatic hydroxyl groups is 13. The number of aliphatic hydroxyl groups excluding tert-OH is 13. The van der Waals surface area contributed by atoms with E-state index in [2.05, 4.69) is 0 Å². The zero-order valence-electron chi connectivity index (χ0n) is 23.6. The molecule has 0 radical (unpaired) electrons. The molecule has 0 aromatic carbocycles. The predicted molar refractivity (Wildman–Crippen MR) is 136 cm³/mol. The van der Waals surface area contributed by atoms with Crippen LogP contribution >= 0.6 is 0 Å². The first-order valence-electron chi connectivity index (χ1n) is 14.2. The molecule has 4 fully saturated rings. The molecule has 15 N–H and O–H groups in total. The van der Waals surface area contributed by atoms with Crippen LogP contribution in [-0.2, 0) is 33.2 Å². The third kappa shape index (κ3) is 7.59. The second kappa shape index (κ2) is 15.6. The minimum Gasteiger partial charge on any atom is -0.394 e. The van der Waals surface area contributed by atoms with E-state index in [1.54, 1.807) is 0 Å². The van der Waals surface area contributed by atoms with Crippen molar-refractivity contribution in [2.75, 3.05) is 26.4 Å². The van der Waals surface area contributed by atoms with Crippen LogP contribution < -0.4 is 5.73 Å². The standard InChI is InChI=1S/C24H43NO20/c25-9-13(32)19(7(3-28)40-21(9)38)44-24-18(37)20(12(31)6(2-27)42-24)45-23-17(36)15(34)11(30)8(43-23)4-39-22-16(35)14(33)10(29)5(1-26)41-22/h5-24,26-38H,1-4,25H2/t5-,6-,7-,8-,9-,10+,11+,12-,13-,14+,15+,16-,17-,18+,19-,20+,21?,22+,23-,24-/m1/s1. The zero-order valence-corrected chi connectivity index (χ0v) is 23.6. The first kappa shape index (κ1) is 37.0. The Balaban J connectivity index is 1.46.